The van der Waals surface area contributed by atoms with Gasteiger partial charge in [-0.2, -0.15) is 0 Å². The van der Waals surface area contributed by atoms with Crippen LogP contribution in [0.2, 0.25) is 0 Å². The number of benzene rings is 1. The quantitative estimate of drug-likeness (QED) is 0.823. The van der Waals surface area contributed by atoms with E-state index >= 15 is 0 Å². The number of imide groups is 1. The molecule has 5 nitrogen and oxygen atoms in total. The van der Waals surface area contributed by atoms with Gasteiger partial charge in [0.15, 0.2) is 0 Å². The lowest BCUT2D eigenvalue weighted by Gasteiger charge is -2.41. The molecule has 1 atom stereocenters. The number of anilines is 1. The summed E-state index contributed by atoms with van der Waals surface area (Å²) >= 11 is 0. The smallest absolute Gasteiger partial charge is 0.234 e. The maximum Gasteiger partial charge on any atom is 0.234 e. The van der Waals surface area contributed by atoms with Gasteiger partial charge in [0, 0.05) is 30.8 Å². The maximum atomic E-state index is 14.4. The highest BCUT2D eigenvalue weighted by molar-refractivity contribution is 6.01. The van der Waals surface area contributed by atoms with Gasteiger partial charge in [-0.15, -0.1) is 0 Å². The van der Waals surface area contributed by atoms with Gasteiger partial charge in [0.2, 0.25) is 11.8 Å². The summed E-state index contributed by atoms with van der Waals surface area (Å²) in [5.41, 5.74) is 0.179. The van der Waals surface area contributed by atoms with Crippen molar-refractivity contribution in [2.45, 2.75) is 24.8 Å². The number of amides is 2. The molecule has 2 saturated heterocycles. The Labute approximate surface area is 132 Å². The average Bonchev–Trinajstić information content (AvgIpc) is 2.43. The molecule has 3 rings (SSSR count). The van der Waals surface area contributed by atoms with Gasteiger partial charge in [-0.05, 0) is 24.8 Å². The first-order chi connectivity index (χ1) is 11.0. The van der Waals surface area contributed by atoms with E-state index in [0.29, 0.717) is 18.8 Å². The molecular weight excluding hydrogens is 304 g/mol. The predicted octanol–water partition coefficient (Wildman–Crippen LogP) is 1.41. The second kappa shape index (κ2) is 5.98. The zero-order valence-electron chi connectivity index (χ0n) is 12.4. The lowest BCUT2D eigenvalue weighted by molar-refractivity contribution is -0.134. The molecule has 2 aliphatic heterocycles. The molecule has 1 aromatic rings. The molecule has 2 heterocycles. The molecule has 1 aromatic carbocycles. The standard InChI is InChI=1S/C16H17F2N3O2/c1-2-19-9-7-21(8-9)10-5-12(17)15(13(18)6-10)11-3-4-14(22)20-16(11)23/h2,5-6,9,11,19H,1,3-4,7-8H2,(H,20,22,23). The van der Waals surface area contributed by atoms with Crippen LogP contribution in [-0.4, -0.2) is 30.9 Å². The summed E-state index contributed by atoms with van der Waals surface area (Å²) in [6, 6.07) is 2.70. The number of hydrogen-bond donors (Lipinski definition) is 2. The second-order valence-electron chi connectivity index (χ2n) is 5.80. The van der Waals surface area contributed by atoms with E-state index in [4.69, 9.17) is 0 Å². The lowest BCUT2D eigenvalue weighted by atomic mass is 9.89. The molecule has 2 fully saturated rings. The molecule has 2 N–H and O–H groups in total. The molecule has 2 amide bonds. The molecule has 2 aliphatic rings. The molecule has 0 aromatic heterocycles. The Morgan fingerprint density at radius 1 is 1.26 bits per heavy atom. The maximum absolute atomic E-state index is 14.4. The van der Waals surface area contributed by atoms with Crippen molar-refractivity contribution in [2.24, 2.45) is 0 Å². The Balaban J connectivity index is 1.80. The minimum Gasteiger partial charge on any atom is -0.385 e. The Bertz CT molecular complexity index is 648. The topological polar surface area (TPSA) is 61.4 Å². The van der Waals surface area contributed by atoms with Gasteiger partial charge in [0.25, 0.3) is 0 Å². The molecule has 0 radical (unpaired) electrons. The van der Waals surface area contributed by atoms with Gasteiger partial charge in [0.1, 0.15) is 11.6 Å². The van der Waals surface area contributed by atoms with Crippen molar-refractivity contribution in [1.29, 1.82) is 0 Å². The van der Waals surface area contributed by atoms with E-state index in [1.54, 1.807) is 6.20 Å². The van der Waals surface area contributed by atoms with Crippen LogP contribution in [0, 0.1) is 11.6 Å². The van der Waals surface area contributed by atoms with Gasteiger partial charge >= 0.3 is 0 Å². The summed E-state index contributed by atoms with van der Waals surface area (Å²) in [4.78, 5) is 24.8. The first kappa shape index (κ1) is 15.5. The lowest BCUT2D eigenvalue weighted by Crippen LogP contribution is -2.56. The molecule has 0 aliphatic carbocycles. The molecular formula is C16H17F2N3O2. The zero-order chi connectivity index (χ0) is 16.6. The van der Waals surface area contributed by atoms with Crippen LogP contribution in [-0.2, 0) is 9.59 Å². The average molecular weight is 321 g/mol. The van der Waals surface area contributed by atoms with Crippen molar-refractivity contribution in [3.05, 3.63) is 42.1 Å². The van der Waals surface area contributed by atoms with Crippen LogP contribution < -0.4 is 15.5 Å². The number of nitrogens with zero attached hydrogens (tertiary/aromatic N) is 1. The van der Waals surface area contributed by atoms with E-state index < -0.39 is 29.4 Å². The second-order valence-corrected chi connectivity index (χ2v) is 5.80. The highest BCUT2D eigenvalue weighted by Gasteiger charge is 2.34. The van der Waals surface area contributed by atoms with Crippen LogP contribution in [0.1, 0.15) is 24.3 Å². The number of carbonyl (C=O) groups is 2. The molecule has 0 spiro atoms. The third-order valence-corrected chi connectivity index (χ3v) is 4.25. The number of hydrogen-bond acceptors (Lipinski definition) is 4. The Hall–Kier alpha value is -2.44. The number of carbonyl (C=O) groups excluding carboxylic acids is 2. The third kappa shape index (κ3) is 2.91. The summed E-state index contributed by atoms with van der Waals surface area (Å²) in [6.45, 7) is 4.83. The minimum atomic E-state index is -0.965. The van der Waals surface area contributed by atoms with Crippen LogP contribution in [0.4, 0.5) is 14.5 Å². The van der Waals surface area contributed by atoms with Crippen LogP contribution in [0.25, 0.3) is 0 Å². The van der Waals surface area contributed by atoms with Gasteiger partial charge in [0.05, 0.1) is 12.0 Å². The number of piperidine rings is 1. The summed E-state index contributed by atoms with van der Waals surface area (Å²) in [5.74, 6) is -3.53. The Kier molecular flexibility index (Phi) is 4.02. The summed E-state index contributed by atoms with van der Waals surface area (Å²) in [5, 5.41) is 5.16. The summed E-state index contributed by atoms with van der Waals surface area (Å²) in [6.07, 6.45) is 1.79. The third-order valence-electron chi connectivity index (χ3n) is 4.25. The molecule has 7 heteroatoms. The van der Waals surface area contributed by atoms with E-state index in [0.717, 1.165) is 0 Å². The molecule has 0 bridgehead atoms. The fourth-order valence-corrected chi connectivity index (χ4v) is 3.02. The fourth-order valence-electron chi connectivity index (χ4n) is 3.02. The molecule has 122 valence electrons. The monoisotopic (exact) mass is 321 g/mol. The van der Waals surface area contributed by atoms with Crippen LogP contribution in [0.15, 0.2) is 24.9 Å². The summed E-state index contributed by atoms with van der Waals surface area (Å²) in [7, 11) is 0. The van der Waals surface area contributed by atoms with Crippen molar-refractivity contribution in [3.63, 3.8) is 0 Å². The van der Waals surface area contributed by atoms with Gasteiger partial charge in [-0.1, -0.05) is 6.58 Å². The number of halogens is 2. The number of rotatable bonds is 4. The fraction of sp³-hybridized carbons (Fsp3) is 0.375. The predicted molar refractivity (Wildman–Crippen MR) is 80.8 cm³/mol. The van der Waals surface area contributed by atoms with Crippen molar-refractivity contribution in [2.75, 3.05) is 18.0 Å². The van der Waals surface area contributed by atoms with E-state index in [1.807, 2.05) is 4.90 Å². The number of nitrogens with one attached hydrogen (secondary N) is 2. The first-order valence-electron chi connectivity index (χ1n) is 7.44. The molecule has 23 heavy (non-hydrogen) atoms. The zero-order valence-corrected chi connectivity index (χ0v) is 12.4. The van der Waals surface area contributed by atoms with E-state index in [9.17, 15) is 18.4 Å². The van der Waals surface area contributed by atoms with Crippen molar-refractivity contribution >= 4 is 17.5 Å². The van der Waals surface area contributed by atoms with E-state index in [1.165, 1.54) is 12.1 Å². The molecule has 1 unspecified atom stereocenters. The van der Waals surface area contributed by atoms with Gasteiger partial charge in [-0.25, -0.2) is 8.78 Å². The van der Waals surface area contributed by atoms with Crippen molar-refractivity contribution in [1.82, 2.24) is 10.6 Å². The Morgan fingerprint density at radius 2 is 1.91 bits per heavy atom. The first-order valence-corrected chi connectivity index (χ1v) is 7.44. The van der Waals surface area contributed by atoms with E-state index in [-0.39, 0.29) is 24.4 Å². The highest BCUT2D eigenvalue weighted by atomic mass is 19.1. The van der Waals surface area contributed by atoms with Gasteiger partial charge < -0.3 is 10.2 Å². The molecule has 0 saturated carbocycles. The van der Waals surface area contributed by atoms with Crippen LogP contribution in [0.5, 0.6) is 0 Å². The van der Waals surface area contributed by atoms with Crippen LogP contribution >= 0.6 is 0 Å². The minimum absolute atomic E-state index is 0.0814. The van der Waals surface area contributed by atoms with Crippen LogP contribution in [0.3, 0.4) is 0 Å². The van der Waals surface area contributed by atoms with E-state index in [2.05, 4.69) is 17.2 Å². The SMILES string of the molecule is C=CNC1CN(c2cc(F)c(C3CCC(=O)NC3=O)c(F)c2)C1. The van der Waals surface area contributed by atoms with Gasteiger partial charge in [-0.3, -0.25) is 14.9 Å². The van der Waals surface area contributed by atoms with Crippen molar-refractivity contribution < 1.29 is 18.4 Å². The Morgan fingerprint density at radius 3 is 2.48 bits per heavy atom. The largest absolute Gasteiger partial charge is 0.385 e. The highest BCUT2D eigenvalue weighted by Crippen LogP contribution is 2.33. The summed E-state index contributed by atoms with van der Waals surface area (Å²) < 4.78 is 28.7. The normalized spacial score (nSPS) is 21.7. The van der Waals surface area contributed by atoms with Crippen molar-refractivity contribution in [3.8, 4) is 0 Å².